The fourth-order valence-corrected chi connectivity index (χ4v) is 3.19. The molecule has 1 N–H and O–H groups in total. The van der Waals surface area contributed by atoms with Crippen molar-refractivity contribution in [1.82, 2.24) is 10.3 Å². The first-order valence-electron chi connectivity index (χ1n) is 5.93. The van der Waals surface area contributed by atoms with Crippen molar-refractivity contribution < 1.29 is 4.42 Å². The average molecular weight is 248 g/mol. The van der Waals surface area contributed by atoms with Gasteiger partial charge >= 0.3 is 0 Å². The summed E-state index contributed by atoms with van der Waals surface area (Å²) in [4.78, 5) is 4.62. The van der Waals surface area contributed by atoms with Crippen LogP contribution in [0.4, 0.5) is 0 Å². The summed E-state index contributed by atoms with van der Waals surface area (Å²) in [7, 11) is 0. The van der Waals surface area contributed by atoms with Crippen LogP contribution in [-0.4, -0.2) is 23.0 Å². The number of nitrogens with one attached hydrogen (secondary N) is 1. The van der Waals surface area contributed by atoms with Crippen LogP contribution < -0.4 is 5.32 Å². The maximum absolute atomic E-state index is 5.91. The third-order valence-electron chi connectivity index (χ3n) is 3.06. The number of thioether (sulfide) groups is 1. The van der Waals surface area contributed by atoms with Crippen LogP contribution in [0.15, 0.2) is 16.5 Å². The van der Waals surface area contributed by atoms with E-state index in [2.05, 4.69) is 36.3 Å². The summed E-state index contributed by atoms with van der Waals surface area (Å²) in [5.41, 5.74) is 4.32. The number of nitrogens with zero attached hydrogens (tertiary/aromatic N) is 1. The van der Waals surface area contributed by atoms with Gasteiger partial charge in [-0.1, -0.05) is 6.07 Å². The highest BCUT2D eigenvalue weighted by Gasteiger charge is 2.21. The molecule has 1 aromatic heterocycles. The third kappa shape index (κ3) is 2.07. The molecule has 1 unspecified atom stereocenters. The van der Waals surface area contributed by atoms with E-state index in [0.29, 0.717) is 0 Å². The summed E-state index contributed by atoms with van der Waals surface area (Å²) in [6, 6.07) is 4.49. The monoisotopic (exact) mass is 248 g/mol. The minimum absolute atomic E-state index is 0.265. The molecule has 3 nitrogen and oxygen atoms in total. The lowest BCUT2D eigenvalue weighted by molar-refractivity contribution is 0.441. The van der Waals surface area contributed by atoms with Crippen LogP contribution in [0.1, 0.15) is 23.1 Å². The number of hydrogen-bond donors (Lipinski definition) is 1. The summed E-state index contributed by atoms with van der Waals surface area (Å²) >= 11 is 1.95. The van der Waals surface area contributed by atoms with E-state index in [9.17, 15) is 0 Å². The molecule has 1 fully saturated rings. The van der Waals surface area contributed by atoms with E-state index in [0.717, 1.165) is 29.3 Å². The van der Waals surface area contributed by atoms with Crippen molar-refractivity contribution in [1.29, 1.82) is 0 Å². The van der Waals surface area contributed by atoms with Crippen LogP contribution in [0, 0.1) is 13.8 Å². The van der Waals surface area contributed by atoms with Crippen molar-refractivity contribution in [3.05, 3.63) is 29.2 Å². The van der Waals surface area contributed by atoms with E-state index < -0.39 is 0 Å². The Balaban J connectivity index is 2.03. The Morgan fingerprint density at radius 3 is 3.06 bits per heavy atom. The second-order valence-electron chi connectivity index (χ2n) is 4.56. The van der Waals surface area contributed by atoms with Gasteiger partial charge in [-0.3, -0.25) is 0 Å². The lowest BCUT2D eigenvalue weighted by atomic mass is 10.1. The number of oxazole rings is 1. The fraction of sp³-hybridized carbons (Fsp3) is 0.462. The van der Waals surface area contributed by atoms with Gasteiger partial charge in [0, 0.05) is 18.1 Å². The molecule has 0 spiro atoms. The molecule has 4 heteroatoms. The number of aromatic nitrogens is 1. The first kappa shape index (κ1) is 11.1. The molecule has 0 saturated carbocycles. The Bertz CT molecular complexity index is 544. The van der Waals surface area contributed by atoms with Gasteiger partial charge in [-0.25, -0.2) is 4.98 Å². The highest BCUT2D eigenvalue weighted by atomic mass is 32.2. The Labute approximate surface area is 105 Å². The quantitative estimate of drug-likeness (QED) is 0.842. The topological polar surface area (TPSA) is 38.1 Å². The predicted octanol–water partition coefficient (Wildman–Crippen LogP) is 2.82. The number of benzene rings is 1. The predicted molar refractivity (Wildman–Crippen MR) is 71.6 cm³/mol. The Morgan fingerprint density at radius 2 is 2.29 bits per heavy atom. The minimum Gasteiger partial charge on any atom is -0.439 e. The average Bonchev–Trinajstić information content (AvgIpc) is 2.74. The second-order valence-corrected chi connectivity index (χ2v) is 5.71. The van der Waals surface area contributed by atoms with E-state index in [1.807, 2.05) is 11.8 Å². The van der Waals surface area contributed by atoms with Gasteiger partial charge in [0.2, 0.25) is 5.89 Å². The lowest BCUT2D eigenvalue weighted by Crippen LogP contribution is -2.30. The maximum atomic E-state index is 5.91. The van der Waals surface area contributed by atoms with E-state index in [1.165, 1.54) is 16.9 Å². The summed E-state index contributed by atoms with van der Waals surface area (Å²) in [6.45, 7) is 5.20. The van der Waals surface area contributed by atoms with Crippen molar-refractivity contribution in [2.45, 2.75) is 19.9 Å². The normalized spacial score (nSPS) is 20.9. The largest absolute Gasteiger partial charge is 0.439 e. The number of rotatable bonds is 1. The van der Waals surface area contributed by atoms with Gasteiger partial charge in [0.15, 0.2) is 5.58 Å². The Morgan fingerprint density at radius 1 is 1.41 bits per heavy atom. The molecule has 3 rings (SSSR count). The number of hydrogen-bond acceptors (Lipinski definition) is 4. The van der Waals surface area contributed by atoms with Crippen LogP contribution in [0.5, 0.6) is 0 Å². The van der Waals surface area contributed by atoms with Crippen molar-refractivity contribution in [2.75, 3.05) is 18.1 Å². The molecular formula is C13H16N2OS. The van der Waals surface area contributed by atoms with Crippen LogP contribution >= 0.6 is 11.8 Å². The second kappa shape index (κ2) is 4.35. The van der Waals surface area contributed by atoms with Gasteiger partial charge in [0.05, 0.1) is 6.04 Å². The van der Waals surface area contributed by atoms with Gasteiger partial charge in [-0.05, 0) is 31.0 Å². The highest BCUT2D eigenvalue weighted by Crippen LogP contribution is 2.27. The molecule has 0 radical (unpaired) electrons. The van der Waals surface area contributed by atoms with Crippen LogP contribution in [0.2, 0.25) is 0 Å². The molecule has 17 heavy (non-hydrogen) atoms. The molecule has 0 aliphatic carbocycles. The molecular weight excluding hydrogens is 232 g/mol. The zero-order chi connectivity index (χ0) is 11.8. The number of fused-ring (bicyclic) bond motifs is 1. The smallest absolute Gasteiger partial charge is 0.213 e. The summed E-state index contributed by atoms with van der Waals surface area (Å²) in [5.74, 6) is 3.06. The van der Waals surface area contributed by atoms with Gasteiger partial charge in [-0.15, -0.1) is 0 Å². The summed E-state index contributed by atoms with van der Waals surface area (Å²) in [6.07, 6.45) is 0. The maximum Gasteiger partial charge on any atom is 0.213 e. The number of aryl methyl sites for hydroxylation is 2. The first-order chi connectivity index (χ1) is 8.24. The van der Waals surface area contributed by atoms with Gasteiger partial charge in [0.1, 0.15) is 5.52 Å². The molecule has 1 atom stereocenters. The van der Waals surface area contributed by atoms with Gasteiger partial charge in [-0.2, -0.15) is 11.8 Å². The minimum atomic E-state index is 0.265. The summed E-state index contributed by atoms with van der Waals surface area (Å²) < 4.78 is 5.91. The third-order valence-corrected chi connectivity index (χ3v) is 4.12. The molecule has 90 valence electrons. The molecule has 1 aliphatic rings. The van der Waals surface area contributed by atoms with Crippen molar-refractivity contribution in [2.24, 2.45) is 0 Å². The van der Waals surface area contributed by atoms with Crippen LogP contribution in [0.25, 0.3) is 11.1 Å². The van der Waals surface area contributed by atoms with Crippen molar-refractivity contribution >= 4 is 22.9 Å². The molecule has 1 saturated heterocycles. The van der Waals surface area contributed by atoms with E-state index in [4.69, 9.17) is 4.42 Å². The standard InChI is InChI=1S/C13H16N2OS/c1-8-5-9(2)12-10(6-8)15-13(16-12)11-7-17-4-3-14-11/h5-6,11,14H,3-4,7H2,1-2H3. The van der Waals surface area contributed by atoms with E-state index in [-0.39, 0.29) is 6.04 Å². The molecule has 0 amide bonds. The van der Waals surface area contributed by atoms with Crippen molar-refractivity contribution in [3.8, 4) is 0 Å². The Hall–Kier alpha value is -1.00. The van der Waals surface area contributed by atoms with Crippen molar-refractivity contribution in [3.63, 3.8) is 0 Å². The molecule has 1 aliphatic heterocycles. The zero-order valence-electron chi connectivity index (χ0n) is 10.1. The molecule has 2 aromatic rings. The zero-order valence-corrected chi connectivity index (χ0v) is 10.9. The van der Waals surface area contributed by atoms with Gasteiger partial charge < -0.3 is 9.73 Å². The summed E-state index contributed by atoms with van der Waals surface area (Å²) in [5, 5.41) is 3.45. The first-order valence-corrected chi connectivity index (χ1v) is 7.08. The molecule has 0 bridgehead atoms. The van der Waals surface area contributed by atoms with Gasteiger partial charge in [0.25, 0.3) is 0 Å². The fourth-order valence-electron chi connectivity index (χ4n) is 2.27. The molecule has 2 heterocycles. The van der Waals surface area contributed by atoms with E-state index in [1.54, 1.807) is 0 Å². The van der Waals surface area contributed by atoms with Crippen LogP contribution in [-0.2, 0) is 0 Å². The van der Waals surface area contributed by atoms with E-state index >= 15 is 0 Å². The lowest BCUT2D eigenvalue weighted by Gasteiger charge is -2.19. The Kier molecular flexibility index (Phi) is 2.84. The highest BCUT2D eigenvalue weighted by molar-refractivity contribution is 7.99. The molecule has 1 aromatic carbocycles. The van der Waals surface area contributed by atoms with Crippen LogP contribution in [0.3, 0.4) is 0 Å². The SMILES string of the molecule is Cc1cc(C)c2oc(C3CSCCN3)nc2c1.